The molecule has 0 unspecified atom stereocenters. The molecule has 0 saturated carbocycles. The fourth-order valence-electron chi connectivity index (χ4n) is 4.47. The minimum atomic E-state index is -2.67. The maximum absolute atomic E-state index is 14.3. The number of hydrogen-bond acceptors (Lipinski definition) is 9. The third-order valence-electron chi connectivity index (χ3n) is 6.26. The summed E-state index contributed by atoms with van der Waals surface area (Å²) in [5.41, 5.74) is 6.83. The number of halogens is 4. The number of rotatable bonds is 7. The molecule has 0 spiro atoms. The van der Waals surface area contributed by atoms with Crippen LogP contribution >= 0.6 is 11.3 Å². The van der Waals surface area contributed by atoms with Gasteiger partial charge in [0.2, 0.25) is 0 Å². The number of nitrogens with zero attached hydrogens (tertiary/aromatic N) is 7. The molecule has 0 fully saturated rings. The molecule has 0 radical (unpaired) electrons. The van der Waals surface area contributed by atoms with Crippen molar-refractivity contribution >= 4 is 33.8 Å². The molecular weight excluding hydrogens is 564 g/mol. The Bertz CT molecular complexity index is 1990. The van der Waals surface area contributed by atoms with Gasteiger partial charge >= 0.3 is 0 Å². The second kappa shape index (κ2) is 10.2. The monoisotopic (exact) mass is 582 g/mol. The first-order valence-electron chi connectivity index (χ1n) is 12.0. The van der Waals surface area contributed by atoms with E-state index in [4.69, 9.17) is 15.6 Å². The standard InChI is InChI=1S/C26H18F4N8O2S/c1-12(21-19(13-3-2-4-14(27)7-13)25(39)37-9-15(28)5-6-18(37)35-21)38-24-20(23(31)33-11-34-24)22(36-38)16-8-32-26(41-16)40-10-17(29)30/h2-9,11-12,17H,10H2,1H3,(H2,31,33,34)/t12-/m0/s1. The molecular formula is C26H18F4N8O2S. The summed E-state index contributed by atoms with van der Waals surface area (Å²) in [6.07, 6.45) is 0.987. The lowest BCUT2D eigenvalue weighted by atomic mass is 10.0. The van der Waals surface area contributed by atoms with E-state index in [0.717, 1.165) is 21.9 Å². The van der Waals surface area contributed by atoms with Crippen molar-refractivity contribution in [3.8, 4) is 26.9 Å². The molecule has 208 valence electrons. The van der Waals surface area contributed by atoms with Crippen molar-refractivity contribution in [2.75, 3.05) is 12.3 Å². The molecule has 10 nitrogen and oxygen atoms in total. The number of thiazole rings is 1. The van der Waals surface area contributed by atoms with Crippen LogP contribution in [-0.4, -0.2) is 47.1 Å². The molecule has 1 aromatic carbocycles. The van der Waals surface area contributed by atoms with Crippen molar-refractivity contribution in [1.82, 2.24) is 34.1 Å². The van der Waals surface area contributed by atoms with E-state index in [0.29, 0.717) is 16.0 Å². The van der Waals surface area contributed by atoms with Crippen LogP contribution in [0.25, 0.3) is 38.4 Å². The molecule has 2 N–H and O–H groups in total. The van der Waals surface area contributed by atoms with Gasteiger partial charge in [-0.1, -0.05) is 23.5 Å². The minimum absolute atomic E-state index is 0.0105. The van der Waals surface area contributed by atoms with Crippen molar-refractivity contribution in [2.24, 2.45) is 0 Å². The van der Waals surface area contributed by atoms with Gasteiger partial charge in [-0.15, -0.1) is 0 Å². The molecule has 6 rings (SSSR count). The predicted octanol–water partition coefficient (Wildman–Crippen LogP) is 4.74. The van der Waals surface area contributed by atoms with Crippen molar-refractivity contribution in [3.05, 3.63) is 82.8 Å². The largest absolute Gasteiger partial charge is 0.464 e. The molecule has 0 amide bonds. The highest BCUT2D eigenvalue weighted by Crippen LogP contribution is 2.38. The first-order valence-corrected chi connectivity index (χ1v) is 12.9. The van der Waals surface area contributed by atoms with Gasteiger partial charge in [0.25, 0.3) is 17.2 Å². The molecule has 0 saturated heterocycles. The molecule has 0 aliphatic heterocycles. The van der Waals surface area contributed by atoms with Gasteiger partial charge in [0.05, 0.1) is 33.8 Å². The molecule has 1 atom stereocenters. The summed E-state index contributed by atoms with van der Waals surface area (Å²) >= 11 is 0.980. The van der Waals surface area contributed by atoms with Crippen LogP contribution in [0.5, 0.6) is 5.19 Å². The Morgan fingerprint density at radius 2 is 1.93 bits per heavy atom. The van der Waals surface area contributed by atoms with Crippen molar-refractivity contribution in [1.29, 1.82) is 0 Å². The number of pyridine rings is 1. The Morgan fingerprint density at radius 1 is 1.10 bits per heavy atom. The van der Waals surface area contributed by atoms with E-state index in [-0.39, 0.29) is 39.1 Å². The highest BCUT2D eigenvalue weighted by molar-refractivity contribution is 7.16. The number of anilines is 1. The summed E-state index contributed by atoms with van der Waals surface area (Å²) in [7, 11) is 0. The number of nitrogen functional groups attached to an aromatic ring is 1. The van der Waals surface area contributed by atoms with E-state index in [1.807, 2.05) is 0 Å². The van der Waals surface area contributed by atoms with E-state index < -0.39 is 36.3 Å². The molecule has 5 heterocycles. The summed E-state index contributed by atoms with van der Waals surface area (Å²) in [4.78, 5) is 31.2. The molecule has 0 aliphatic carbocycles. The van der Waals surface area contributed by atoms with Crippen LogP contribution in [0.4, 0.5) is 23.4 Å². The number of nitrogens with two attached hydrogens (primary N) is 1. The van der Waals surface area contributed by atoms with Gasteiger partial charge < -0.3 is 10.5 Å². The first kappa shape index (κ1) is 26.3. The Kier molecular flexibility index (Phi) is 6.57. The maximum atomic E-state index is 14.3. The number of fused-ring (bicyclic) bond motifs is 2. The fourth-order valence-corrected chi connectivity index (χ4v) is 5.24. The summed E-state index contributed by atoms with van der Waals surface area (Å²) in [6, 6.07) is 7.16. The van der Waals surface area contributed by atoms with Gasteiger partial charge in [0, 0.05) is 6.20 Å². The second-order valence-electron chi connectivity index (χ2n) is 8.88. The van der Waals surface area contributed by atoms with Crippen molar-refractivity contribution < 1.29 is 22.3 Å². The Hall–Kier alpha value is -4.92. The number of hydrogen-bond donors (Lipinski definition) is 1. The van der Waals surface area contributed by atoms with Crippen LogP contribution in [0.1, 0.15) is 18.7 Å². The second-order valence-corrected chi connectivity index (χ2v) is 9.88. The number of aromatic nitrogens is 7. The first-order chi connectivity index (χ1) is 19.7. The summed E-state index contributed by atoms with van der Waals surface area (Å²) in [6.45, 7) is 0.892. The zero-order valence-corrected chi connectivity index (χ0v) is 21.8. The molecule has 41 heavy (non-hydrogen) atoms. The Morgan fingerprint density at radius 3 is 2.71 bits per heavy atom. The van der Waals surface area contributed by atoms with Crippen LogP contribution in [-0.2, 0) is 0 Å². The fraction of sp³-hybridized carbons (Fsp3) is 0.154. The third kappa shape index (κ3) is 4.73. The molecule has 0 aliphatic rings. The van der Waals surface area contributed by atoms with Gasteiger partial charge in [-0.05, 0) is 36.8 Å². The van der Waals surface area contributed by atoms with E-state index in [2.05, 4.69) is 19.9 Å². The van der Waals surface area contributed by atoms with Gasteiger partial charge in [-0.25, -0.2) is 42.2 Å². The van der Waals surface area contributed by atoms with Crippen molar-refractivity contribution in [2.45, 2.75) is 19.4 Å². The Balaban J connectivity index is 1.56. The molecule has 15 heteroatoms. The normalized spacial score (nSPS) is 12.4. The quantitative estimate of drug-likeness (QED) is 0.268. The molecule has 0 bridgehead atoms. The van der Waals surface area contributed by atoms with Crippen LogP contribution in [0.15, 0.2) is 59.9 Å². The van der Waals surface area contributed by atoms with Gasteiger partial charge in [-0.2, -0.15) is 5.10 Å². The molecule has 5 aromatic heterocycles. The smallest absolute Gasteiger partial charge is 0.273 e. The summed E-state index contributed by atoms with van der Waals surface area (Å²) < 4.78 is 61.1. The lowest BCUT2D eigenvalue weighted by molar-refractivity contribution is 0.0817. The zero-order valence-electron chi connectivity index (χ0n) is 21.0. The topological polar surface area (TPSA) is 126 Å². The lowest BCUT2D eigenvalue weighted by Gasteiger charge is -2.18. The highest BCUT2D eigenvalue weighted by Gasteiger charge is 2.27. The van der Waals surface area contributed by atoms with E-state index in [1.54, 1.807) is 13.0 Å². The van der Waals surface area contributed by atoms with Gasteiger partial charge in [0.15, 0.2) is 12.3 Å². The molecule has 6 aromatic rings. The van der Waals surface area contributed by atoms with Crippen LogP contribution in [0.2, 0.25) is 0 Å². The number of alkyl halides is 2. The Labute approximate surface area is 231 Å². The zero-order chi connectivity index (χ0) is 28.8. The van der Waals surface area contributed by atoms with Gasteiger partial charge in [0.1, 0.15) is 35.1 Å². The average Bonchev–Trinajstić information content (AvgIpc) is 3.57. The number of benzene rings is 1. The third-order valence-corrected chi connectivity index (χ3v) is 7.18. The predicted molar refractivity (Wildman–Crippen MR) is 143 cm³/mol. The number of ether oxygens (including phenoxy) is 1. The van der Waals surface area contributed by atoms with Crippen LogP contribution < -0.4 is 16.0 Å². The van der Waals surface area contributed by atoms with E-state index in [1.165, 1.54) is 47.5 Å². The minimum Gasteiger partial charge on any atom is -0.464 e. The summed E-state index contributed by atoms with van der Waals surface area (Å²) in [5.74, 6) is -1.13. The van der Waals surface area contributed by atoms with Gasteiger partial charge in [-0.3, -0.25) is 9.20 Å². The lowest BCUT2D eigenvalue weighted by Crippen LogP contribution is -2.23. The van der Waals surface area contributed by atoms with E-state index >= 15 is 0 Å². The van der Waals surface area contributed by atoms with Crippen LogP contribution in [0.3, 0.4) is 0 Å². The maximum Gasteiger partial charge on any atom is 0.273 e. The van der Waals surface area contributed by atoms with Crippen molar-refractivity contribution in [3.63, 3.8) is 0 Å². The summed E-state index contributed by atoms with van der Waals surface area (Å²) in [5, 5.41) is 5.07. The SMILES string of the molecule is C[C@@H](c1nc2ccc(F)cn2c(=O)c1-c1cccc(F)c1)n1nc(-c2cnc(OCC(F)F)s2)c2c(N)ncnc21. The van der Waals surface area contributed by atoms with E-state index in [9.17, 15) is 22.4 Å². The average molecular weight is 583 g/mol. The highest BCUT2D eigenvalue weighted by atomic mass is 32.1. The van der Waals surface area contributed by atoms with Crippen LogP contribution in [0, 0.1) is 11.6 Å².